The quantitative estimate of drug-likeness (QED) is 0.580. The van der Waals surface area contributed by atoms with Crippen LogP contribution in [0.5, 0.6) is 0 Å². The zero-order chi connectivity index (χ0) is 8.97. The Hall–Kier alpha value is -0.0800. The highest BCUT2D eigenvalue weighted by Gasteiger charge is 2.16. The summed E-state index contributed by atoms with van der Waals surface area (Å²) in [5.41, 5.74) is 12.0. The molecule has 2 nitrogen and oxygen atoms in total. The van der Waals surface area contributed by atoms with Crippen molar-refractivity contribution in [2.75, 3.05) is 0 Å². The van der Waals surface area contributed by atoms with E-state index in [4.69, 9.17) is 11.5 Å². The second-order valence-electron chi connectivity index (χ2n) is 4.26. The second-order valence-corrected chi connectivity index (χ2v) is 4.26. The first-order valence-corrected chi connectivity index (χ1v) is 5.21. The summed E-state index contributed by atoms with van der Waals surface area (Å²) >= 11 is 0. The van der Waals surface area contributed by atoms with Crippen LogP contribution in [0.15, 0.2) is 0 Å². The maximum absolute atomic E-state index is 6.02. The molecule has 0 aromatic heterocycles. The minimum Gasteiger partial charge on any atom is -0.328 e. The van der Waals surface area contributed by atoms with Gasteiger partial charge in [-0.15, -0.1) is 0 Å². The molecule has 72 valence electrons. The van der Waals surface area contributed by atoms with E-state index in [1.807, 2.05) is 0 Å². The van der Waals surface area contributed by atoms with Crippen molar-refractivity contribution in [1.29, 1.82) is 0 Å². The van der Waals surface area contributed by atoms with Crippen LogP contribution in [0, 0.1) is 5.92 Å². The summed E-state index contributed by atoms with van der Waals surface area (Å²) in [7, 11) is 0. The van der Waals surface area contributed by atoms with E-state index in [0.717, 1.165) is 6.42 Å². The van der Waals surface area contributed by atoms with Gasteiger partial charge in [-0.1, -0.05) is 19.8 Å². The summed E-state index contributed by atoms with van der Waals surface area (Å²) in [6.07, 6.45) is 7.28. The summed E-state index contributed by atoms with van der Waals surface area (Å²) in [6.45, 7) is 2.25. The predicted octanol–water partition coefficient (Wildman–Crippen LogP) is 1.63. The Kier molecular flexibility index (Phi) is 4.02. The molecule has 0 heterocycles. The fourth-order valence-corrected chi connectivity index (χ4v) is 1.91. The Morgan fingerprint density at radius 1 is 0.917 bits per heavy atom. The lowest BCUT2D eigenvalue weighted by Crippen LogP contribution is -2.28. The molecular weight excluding hydrogens is 148 g/mol. The van der Waals surface area contributed by atoms with Crippen molar-refractivity contribution in [3.63, 3.8) is 0 Å². The van der Waals surface area contributed by atoms with E-state index in [2.05, 4.69) is 6.92 Å². The molecule has 4 N–H and O–H groups in total. The first-order valence-electron chi connectivity index (χ1n) is 5.21. The summed E-state index contributed by atoms with van der Waals surface area (Å²) in [4.78, 5) is 0. The lowest BCUT2D eigenvalue weighted by Gasteiger charge is -2.18. The third kappa shape index (κ3) is 3.11. The summed E-state index contributed by atoms with van der Waals surface area (Å²) in [5.74, 6) is 0.661. The van der Waals surface area contributed by atoms with Crippen molar-refractivity contribution < 1.29 is 0 Å². The molecule has 1 aliphatic carbocycles. The molecular formula is C10H22N2. The van der Waals surface area contributed by atoms with Crippen LogP contribution in [0.2, 0.25) is 0 Å². The molecule has 0 saturated heterocycles. The molecule has 0 aromatic rings. The van der Waals surface area contributed by atoms with Crippen LogP contribution >= 0.6 is 0 Å². The van der Waals surface area contributed by atoms with Crippen LogP contribution in [0.4, 0.5) is 0 Å². The third-order valence-corrected chi connectivity index (χ3v) is 3.09. The van der Waals surface area contributed by atoms with Gasteiger partial charge in [0.1, 0.15) is 0 Å². The van der Waals surface area contributed by atoms with E-state index in [1.54, 1.807) is 0 Å². The normalized spacial score (nSPS) is 39.8. The number of rotatable bonds is 0. The molecule has 0 spiro atoms. The average molecular weight is 170 g/mol. The second kappa shape index (κ2) is 4.83. The van der Waals surface area contributed by atoms with Gasteiger partial charge in [0, 0.05) is 12.1 Å². The molecule has 0 bridgehead atoms. The molecule has 1 aliphatic rings. The number of hydrogen-bond donors (Lipinski definition) is 2. The first-order chi connectivity index (χ1) is 5.70. The number of nitrogens with two attached hydrogens (primary N) is 2. The van der Waals surface area contributed by atoms with E-state index in [9.17, 15) is 0 Å². The van der Waals surface area contributed by atoms with E-state index in [1.165, 1.54) is 32.1 Å². The van der Waals surface area contributed by atoms with Gasteiger partial charge in [-0.2, -0.15) is 0 Å². The maximum Gasteiger partial charge on any atom is 0.00645 e. The van der Waals surface area contributed by atoms with E-state index in [0.29, 0.717) is 18.0 Å². The van der Waals surface area contributed by atoms with Gasteiger partial charge in [0.2, 0.25) is 0 Å². The Bertz CT molecular complexity index is 125. The summed E-state index contributed by atoms with van der Waals surface area (Å²) < 4.78 is 0. The SMILES string of the molecule is CC1CCC(N)CCCCC1N. The molecule has 0 radical (unpaired) electrons. The lowest BCUT2D eigenvalue weighted by atomic mass is 9.94. The van der Waals surface area contributed by atoms with E-state index in [-0.39, 0.29) is 0 Å². The van der Waals surface area contributed by atoms with Gasteiger partial charge in [0.15, 0.2) is 0 Å². The molecule has 12 heavy (non-hydrogen) atoms. The topological polar surface area (TPSA) is 52.0 Å². The Labute approximate surface area is 75.7 Å². The van der Waals surface area contributed by atoms with Crippen molar-refractivity contribution in [1.82, 2.24) is 0 Å². The molecule has 2 heteroatoms. The minimum atomic E-state index is 0.412. The van der Waals surface area contributed by atoms with E-state index < -0.39 is 0 Å². The van der Waals surface area contributed by atoms with Crippen molar-refractivity contribution >= 4 is 0 Å². The Morgan fingerprint density at radius 3 is 2.33 bits per heavy atom. The first kappa shape index (κ1) is 10.0. The van der Waals surface area contributed by atoms with Crippen LogP contribution in [0.25, 0.3) is 0 Å². The van der Waals surface area contributed by atoms with Crippen LogP contribution in [0.3, 0.4) is 0 Å². The van der Waals surface area contributed by atoms with Crippen molar-refractivity contribution in [2.45, 2.75) is 57.5 Å². The molecule has 0 aliphatic heterocycles. The molecule has 0 amide bonds. The third-order valence-electron chi connectivity index (χ3n) is 3.09. The van der Waals surface area contributed by atoms with E-state index >= 15 is 0 Å². The van der Waals surface area contributed by atoms with Crippen molar-refractivity contribution in [3.05, 3.63) is 0 Å². The predicted molar refractivity (Wildman–Crippen MR) is 52.8 cm³/mol. The zero-order valence-electron chi connectivity index (χ0n) is 8.13. The molecule has 1 saturated carbocycles. The Morgan fingerprint density at radius 2 is 1.58 bits per heavy atom. The lowest BCUT2D eigenvalue weighted by molar-refractivity contribution is 0.393. The maximum atomic E-state index is 6.02. The fraction of sp³-hybridized carbons (Fsp3) is 1.00. The van der Waals surface area contributed by atoms with Crippen molar-refractivity contribution in [3.8, 4) is 0 Å². The number of hydrogen-bond acceptors (Lipinski definition) is 2. The van der Waals surface area contributed by atoms with Gasteiger partial charge in [-0.25, -0.2) is 0 Å². The van der Waals surface area contributed by atoms with Gasteiger partial charge in [-0.05, 0) is 31.6 Å². The van der Waals surface area contributed by atoms with Gasteiger partial charge in [0.05, 0.1) is 0 Å². The monoisotopic (exact) mass is 170 g/mol. The van der Waals surface area contributed by atoms with Gasteiger partial charge >= 0.3 is 0 Å². The average Bonchev–Trinajstić information content (AvgIpc) is 2.11. The molecule has 0 aromatic carbocycles. The minimum absolute atomic E-state index is 0.412. The largest absolute Gasteiger partial charge is 0.328 e. The molecule has 3 unspecified atom stereocenters. The zero-order valence-corrected chi connectivity index (χ0v) is 8.13. The molecule has 1 fully saturated rings. The van der Waals surface area contributed by atoms with Gasteiger partial charge in [-0.3, -0.25) is 0 Å². The highest BCUT2D eigenvalue weighted by Crippen LogP contribution is 2.19. The molecule has 1 rings (SSSR count). The summed E-state index contributed by atoms with van der Waals surface area (Å²) in [5, 5.41) is 0. The van der Waals surface area contributed by atoms with Crippen LogP contribution in [0.1, 0.15) is 45.4 Å². The van der Waals surface area contributed by atoms with Crippen LogP contribution in [-0.4, -0.2) is 12.1 Å². The van der Waals surface area contributed by atoms with Crippen LogP contribution < -0.4 is 11.5 Å². The van der Waals surface area contributed by atoms with Gasteiger partial charge < -0.3 is 11.5 Å². The Balaban J connectivity index is 2.37. The van der Waals surface area contributed by atoms with Crippen LogP contribution in [-0.2, 0) is 0 Å². The smallest absolute Gasteiger partial charge is 0.00645 e. The highest BCUT2D eigenvalue weighted by molar-refractivity contribution is 4.74. The molecule has 3 atom stereocenters. The van der Waals surface area contributed by atoms with Gasteiger partial charge in [0.25, 0.3) is 0 Å². The standard InChI is InChI=1S/C10H22N2/c1-8-6-7-9(11)4-2-3-5-10(8)12/h8-10H,2-7,11-12H2,1H3. The fourth-order valence-electron chi connectivity index (χ4n) is 1.91. The highest BCUT2D eigenvalue weighted by atomic mass is 14.7. The summed E-state index contributed by atoms with van der Waals surface area (Å²) in [6, 6.07) is 0.841. The van der Waals surface area contributed by atoms with Crippen molar-refractivity contribution in [2.24, 2.45) is 17.4 Å².